The number of alkyl carbamates (subject to hydrolysis) is 1. The molecule has 0 saturated heterocycles. The summed E-state index contributed by atoms with van der Waals surface area (Å²) in [6, 6.07) is 6.91. The van der Waals surface area contributed by atoms with E-state index in [4.69, 9.17) is 4.74 Å². The first-order valence-corrected chi connectivity index (χ1v) is 11.8. The molecule has 0 aliphatic carbocycles. The minimum atomic E-state index is -1.23. The van der Waals surface area contributed by atoms with Crippen molar-refractivity contribution >= 4 is 17.9 Å². The lowest BCUT2D eigenvalue weighted by atomic mass is 10.0. The average molecular weight is 464 g/mol. The van der Waals surface area contributed by atoms with E-state index in [-0.39, 0.29) is 11.9 Å². The van der Waals surface area contributed by atoms with Crippen molar-refractivity contribution in [1.82, 2.24) is 15.5 Å². The van der Waals surface area contributed by atoms with Crippen LogP contribution in [0.4, 0.5) is 4.79 Å². The molecule has 0 bridgehead atoms. The summed E-state index contributed by atoms with van der Waals surface area (Å²) < 4.78 is 5.24. The van der Waals surface area contributed by atoms with Crippen molar-refractivity contribution in [1.29, 1.82) is 0 Å². The summed E-state index contributed by atoms with van der Waals surface area (Å²) in [5.41, 5.74) is -0.0891. The number of aliphatic hydroxyl groups is 1. The summed E-state index contributed by atoms with van der Waals surface area (Å²) in [5.74, 6) is -0.829. The second-order valence-electron chi connectivity index (χ2n) is 9.28. The molecule has 3 atom stereocenters. The molecule has 0 aliphatic rings. The number of benzene rings is 1. The van der Waals surface area contributed by atoms with Crippen LogP contribution in [0, 0.1) is 0 Å². The Morgan fingerprint density at radius 2 is 1.70 bits per heavy atom. The van der Waals surface area contributed by atoms with Crippen molar-refractivity contribution in [2.75, 3.05) is 13.2 Å². The fraction of sp³-hybridized carbons (Fsp3) is 0.640. The Bertz CT molecular complexity index is 748. The molecular formula is C25H41N3O5. The van der Waals surface area contributed by atoms with Crippen LogP contribution in [0.25, 0.3) is 0 Å². The molecule has 0 saturated carbocycles. The SMILES string of the molecule is CCCCN(C(=O)C(CO)NC(=O)OC(C)(C)C)C(C(=O)NC(C)CCC)c1ccccc1. The molecule has 1 aromatic carbocycles. The number of carbonyl (C=O) groups excluding carboxylic acids is 3. The fourth-order valence-electron chi connectivity index (χ4n) is 3.47. The number of ether oxygens (including phenoxy) is 1. The van der Waals surface area contributed by atoms with E-state index in [1.54, 1.807) is 32.9 Å². The molecule has 0 spiro atoms. The fourth-order valence-corrected chi connectivity index (χ4v) is 3.47. The molecule has 186 valence electrons. The molecule has 3 amide bonds. The topological polar surface area (TPSA) is 108 Å². The summed E-state index contributed by atoms with van der Waals surface area (Å²) in [7, 11) is 0. The number of carbonyl (C=O) groups is 3. The van der Waals surface area contributed by atoms with Crippen LogP contribution in [0.2, 0.25) is 0 Å². The highest BCUT2D eigenvalue weighted by atomic mass is 16.6. The average Bonchev–Trinajstić information content (AvgIpc) is 2.73. The van der Waals surface area contributed by atoms with Crippen molar-refractivity contribution in [3.05, 3.63) is 35.9 Å². The van der Waals surface area contributed by atoms with E-state index in [0.29, 0.717) is 18.5 Å². The first-order chi connectivity index (χ1) is 15.5. The molecule has 0 heterocycles. The van der Waals surface area contributed by atoms with Gasteiger partial charge in [0.25, 0.3) is 0 Å². The Morgan fingerprint density at radius 3 is 2.21 bits per heavy atom. The van der Waals surface area contributed by atoms with Gasteiger partial charge in [0.05, 0.1) is 6.61 Å². The second kappa shape index (κ2) is 13.8. The van der Waals surface area contributed by atoms with Crippen LogP contribution in [0.15, 0.2) is 30.3 Å². The number of amides is 3. The minimum absolute atomic E-state index is 0.0506. The van der Waals surface area contributed by atoms with Crippen LogP contribution in [-0.4, -0.2) is 58.8 Å². The van der Waals surface area contributed by atoms with Crippen molar-refractivity contribution in [2.45, 2.75) is 91.0 Å². The lowest BCUT2D eigenvalue weighted by Gasteiger charge is -2.34. The van der Waals surface area contributed by atoms with Crippen LogP contribution >= 0.6 is 0 Å². The van der Waals surface area contributed by atoms with Gasteiger partial charge in [0.1, 0.15) is 17.7 Å². The maximum Gasteiger partial charge on any atom is 0.408 e. The molecular weight excluding hydrogens is 422 g/mol. The summed E-state index contributed by atoms with van der Waals surface area (Å²) in [6.45, 7) is 10.8. The quantitative estimate of drug-likeness (QED) is 0.439. The summed E-state index contributed by atoms with van der Waals surface area (Å²) >= 11 is 0. The number of aliphatic hydroxyl groups excluding tert-OH is 1. The third-order valence-corrected chi connectivity index (χ3v) is 4.99. The van der Waals surface area contributed by atoms with E-state index in [1.165, 1.54) is 4.90 Å². The lowest BCUT2D eigenvalue weighted by Crippen LogP contribution is -2.55. The summed E-state index contributed by atoms with van der Waals surface area (Å²) in [4.78, 5) is 40.6. The van der Waals surface area contributed by atoms with Gasteiger partial charge in [-0.25, -0.2) is 4.79 Å². The molecule has 8 heteroatoms. The van der Waals surface area contributed by atoms with E-state index < -0.39 is 36.3 Å². The maximum atomic E-state index is 13.5. The van der Waals surface area contributed by atoms with Gasteiger partial charge in [-0.05, 0) is 46.1 Å². The van der Waals surface area contributed by atoms with Crippen LogP contribution in [-0.2, 0) is 14.3 Å². The molecule has 33 heavy (non-hydrogen) atoms. The smallest absolute Gasteiger partial charge is 0.408 e. The van der Waals surface area contributed by atoms with Gasteiger partial charge in [-0.3, -0.25) is 9.59 Å². The number of unbranched alkanes of at least 4 members (excludes halogenated alkanes) is 1. The van der Waals surface area contributed by atoms with Gasteiger partial charge < -0.3 is 25.4 Å². The zero-order valence-corrected chi connectivity index (χ0v) is 20.9. The third-order valence-electron chi connectivity index (χ3n) is 4.99. The molecule has 3 unspecified atom stereocenters. The van der Waals surface area contributed by atoms with Gasteiger partial charge in [0.2, 0.25) is 11.8 Å². The highest BCUT2D eigenvalue weighted by molar-refractivity contribution is 5.92. The Kier molecular flexibility index (Phi) is 11.9. The number of rotatable bonds is 12. The molecule has 0 radical (unpaired) electrons. The summed E-state index contributed by atoms with van der Waals surface area (Å²) in [5, 5.41) is 15.4. The molecule has 0 aromatic heterocycles. The van der Waals surface area contributed by atoms with Gasteiger partial charge >= 0.3 is 6.09 Å². The third kappa shape index (κ3) is 9.82. The van der Waals surface area contributed by atoms with Gasteiger partial charge in [-0.2, -0.15) is 0 Å². The van der Waals surface area contributed by atoms with E-state index >= 15 is 0 Å². The number of nitrogens with one attached hydrogen (secondary N) is 2. The predicted octanol–water partition coefficient (Wildman–Crippen LogP) is 3.55. The summed E-state index contributed by atoms with van der Waals surface area (Å²) in [6.07, 6.45) is 2.40. The van der Waals surface area contributed by atoms with Gasteiger partial charge in [-0.1, -0.05) is 57.0 Å². The second-order valence-corrected chi connectivity index (χ2v) is 9.28. The maximum absolute atomic E-state index is 13.5. The van der Waals surface area contributed by atoms with E-state index in [1.807, 2.05) is 39.0 Å². The van der Waals surface area contributed by atoms with Crippen molar-refractivity contribution < 1.29 is 24.2 Å². The monoisotopic (exact) mass is 463 g/mol. The van der Waals surface area contributed by atoms with E-state index in [2.05, 4.69) is 10.6 Å². The number of hydrogen-bond acceptors (Lipinski definition) is 5. The number of nitrogens with zero attached hydrogens (tertiary/aromatic N) is 1. The van der Waals surface area contributed by atoms with Crippen LogP contribution in [0.5, 0.6) is 0 Å². The standard InChI is InChI=1S/C25H41N3O5/c1-7-9-16-28(23(31)20(17-29)27-24(32)33-25(4,5)6)21(19-14-11-10-12-15-19)22(30)26-18(3)13-8-2/h10-12,14-15,18,20-21,29H,7-9,13,16-17H2,1-6H3,(H,26,30)(H,27,32). The zero-order chi connectivity index (χ0) is 25.0. The Balaban J connectivity index is 3.28. The highest BCUT2D eigenvalue weighted by Gasteiger charge is 2.36. The van der Waals surface area contributed by atoms with Crippen LogP contribution in [0.1, 0.15) is 78.8 Å². The largest absolute Gasteiger partial charge is 0.444 e. The van der Waals surface area contributed by atoms with Crippen molar-refractivity contribution in [2.24, 2.45) is 0 Å². The van der Waals surface area contributed by atoms with Crippen molar-refractivity contribution in [3.8, 4) is 0 Å². The lowest BCUT2D eigenvalue weighted by molar-refractivity contribution is -0.143. The first-order valence-electron chi connectivity index (χ1n) is 11.8. The molecule has 1 rings (SSSR count). The van der Waals surface area contributed by atoms with Crippen LogP contribution in [0.3, 0.4) is 0 Å². The van der Waals surface area contributed by atoms with Gasteiger partial charge in [-0.15, -0.1) is 0 Å². The van der Waals surface area contributed by atoms with Crippen LogP contribution < -0.4 is 10.6 Å². The van der Waals surface area contributed by atoms with E-state index in [0.717, 1.165) is 19.3 Å². The normalized spacial score (nSPS) is 14.0. The van der Waals surface area contributed by atoms with Gasteiger partial charge in [0.15, 0.2) is 0 Å². The van der Waals surface area contributed by atoms with Crippen molar-refractivity contribution in [3.63, 3.8) is 0 Å². The molecule has 0 aliphatic heterocycles. The van der Waals surface area contributed by atoms with E-state index in [9.17, 15) is 19.5 Å². The highest BCUT2D eigenvalue weighted by Crippen LogP contribution is 2.23. The Labute approximate surface area is 198 Å². The molecule has 0 fully saturated rings. The molecule has 1 aromatic rings. The first kappa shape index (κ1) is 28.4. The molecule has 3 N–H and O–H groups in total. The number of hydrogen-bond donors (Lipinski definition) is 3. The van der Waals surface area contributed by atoms with Gasteiger partial charge in [0, 0.05) is 12.6 Å². The zero-order valence-electron chi connectivity index (χ0n) is 20.9. The Morgan fingerprint density at radius 1 is 1.06 bits per heavy atom. The Hall–Kier alpha value is -2.61. The molecule has 8 nitrogen and oxygen atoms in total. The predicted molar refractivity (Wildman–Crippen MR) is 129 cm³/mol. The minimum Gasteiger partial charge on any atom is -0.444 e.